The maximum Gasteiger partial charge on any atom is 0.0824 e. The van der Waals surface area contributed by atoms with Gasteiger partial charge in [0.25, 0.3) is 0 Å². The molecule has 1 fully saturated rings. The van der Waals surface area contributed by atoms with Crippen molar-refractivity contribution >= 4 is 15.9 Å². The summed E-state index contributed by atoms with van der Waals surface area (Å²) >= 11 is 3.44. The Hall–Kier alpha value is -0.420. The SMILES string of the molecule is CC1(C(Cc2ccc(Br)cc2)NN)CCCO1. The van der Waals surface area contributed by atoms with Gasteiger partial charge in [-0.25, -0.2) is 0 Å². The summed E-state index contributed by atoms with van der Waals surface area (Å²) in [5, 5.41) is 0. The van der Waals surface area contributed by atoms with E-state index >= 15 is 0 Å². The van der Waals surface area contributed by atoms with Crippen molar-refractivity contribution in [2.45, 2.75) is 37.8 Å². The smallest absolute Gasteiger partial charge is 0.0824 e. The average molecular weight is 299 g/mol. The lowest BCUT2D eigenvalue weighted by Crippen LogP contribution is -2.52. The van der Waals surface area contributed by atoms with Gasteiger partial charge in [0.05, 0.1) is 11.6 Å². The Labute approximate surface area is 111 Å². The molecule has 2 rings (SSSR count). The molecule has 1 heterocycles. The third kappa shape index (κ3) is 3.07. The number of ether oxygens (including phenoxy) is 1. The zero-order chi connectivity index (χ0) is 12.3. The lowest BCUT2D eigenvalue weighted by atomic mass is 9.89. The van der Waals surface area contributed by atoms with E-state index in [0.29, 0.717) is 0 Å². The van der Waals surface area contributed by atoms with Crippen LogP contribution in [-0.2, 0) is 11.2 Å². The quantitative estimate of drug-likeness (QED) is 0.663. The molecule has 1 saturated heterocycles. The Kier molecular flexibility index (Phi) is 4.20. The Morgan fingerprint density at radius 1 is 1.47 bits per heavy atom. The normalized spacial score (nSPS) is 26.1. The van der Waals surface area contributed by atoms with Crippen molar-refractivity contribution in [3.63, 3.8) is 0 Å². The van der Waals surface area contributed by atoms with Crippen LogP contribution in [0.4, 0.5) is 0 Å². The number of nitrogens with two attached hydrogens (primary N) is 1. The van der Waals surface area contributed by atoms with Gasteiger partial charge in [-0.1, -0.05) is 28.1 Å². The van der Waals surface area contributed by atoms with Crippen molar-refractivity contribution in [3.8, 4) is 0 Å². The van der Waals surface area contributed by atoms with Gasteiger partial charge >= 0.3 is 0 Å². The molecular weight excluding hydrogens is 280 g/mol. The van der Waals surface area contributed by atoms with Crippen molar-refractivity contribution < 1.29 is 4.74 Å². The third-order valence-corrected chi connectivity index (χ3v) is 4.07. The number of hydrogen-bond acceptors (Lipinski definition) is 3. The fraction of sp³-hybridized carbons (Fsp3) is 0.538. The van der Waals surface area contributed by atoms with Crippen LogP contribution in [0.1, 0.15) is 25.3 Å². The van der Waals surface area contributed by atoms with Gasteiger partial charge in [0, 0.05) is 11.1 Å². The van der Waals surface area contributed by atoms with Crippen LogP contribution in [-0.4, -0.2) is 18.2 Å². The molecule has 0 aromatic heterocycles. The summed E-state index contributed by atoms with van der Waals surface area (Å²) in [5.41, 5.74) is 4.04. The minimum atomic E-state index is -0.137. The van der Waals surface area contributed by atoms with Crippen molar-refractivity contribution in [2.24, 2.45) is 5.84 Å². The van der Waals surface area contributed by atoms with Crippen molar-refractivity contribution in [1.29, 1.82) is 0 Å². The monoisotopic (exact) mass is 298 g/mol. The summed E-state index contributed by atoms with van der Waals surface area (Å²) in [6.45, 7) is 2.98. The molecule has 4 heteroatoms. The van der Waals surface area contributed by atoms with E-state index in [-0.39, 0.29) is 11.6 Å². The highest BCUT2D eigenvalue weighted by Crippen LogP contribution is 2.30. The number of benzene rings is 1. The summed E-state index contributed by atoms with van der Waals surface area (Å²) in [4.78, 5) is 0. The van der Waals surface area contributed by atoms with E-state index in [1.807, 2.05) is 0 Å². The first kappa shape index (κ1) is 13.0. The van der Waals surface area contributed by atoms with Crippen LogP contribution < -0.4 is 11.3 Å². The lowest BCUT2D eigenvalue weighted by molar-refractivity contribution is -0.0115. The Morgan fingerprint density at radius 2 is 2.18 bits per heavy atom. The molecule has 94 valence electrons. The van der Waals surface area contributed by atoms with Gasteiger partial charge < -0.3 is 4.74 Å². The highest BCUT2D eigenvalue weighted by Gasteiger charge is 2.37. The van der Waals surface area contributed by atoms with E-state index in [2.05, 4.69) is 52.5 Å². The molecule has 1 aliphatic heterocycles. The van der Waals surface area contributed by atoms with E-state index in [1.54, 1.807) is 0 Å². The van der Waals surface area contributed by atoms with Gasteiger partial charge in [0.2, 0.25) is 0 Å². The molecule has 2 unspecified atom stereocenters. The second-order valence-corrected chi connectivity index (χ2v) is 5.73. The van der Waals surface area contributed by atoms with Crippen LogP contribution >= 0.6 is 15.9 Å². The summed E-state index contributed by atoms with van der Waals surface area (Å²) in [5.74, 6) is 5.68. The zero-order valence-corrected chi connectivity index (χ0v) is 11.7. The summed E-state index contributed by atoms with van der Waals surface area (Å²) in [6, 6.07) is 8.51. The van der Waals surface area contributed by atoms with Gasteiger partial charge in [-0.3, -0.25) is 11.3 Å². The van der Waals surface area contributed by atoms with Gasteiger partial charge in [-0.05, 0) is 43.9 Å². The molecule has 2 atom stereocenters. The van der Waals surface area contributed by atoms with Crippen LogP contribution in [0.5, 0.6) is 0 Å². The van der Waals surface area contributed by atoms with E-state index < -0.39 is 0 Å². The number of hydrogen-bond donors (Lipinski definition) is 2. The summed E-state index contributed by atoms with van der Waals surface area (Å²) < 4.78 is 6.94. The second kappa shape index (κ2) is 5.48. The van der Waals surface area contributed by atoms with E-state index in [4.69, 9.17) is 10.6 Å². The molecule has 17 heavy (non-hydrogen) atoms. The molecule has 1 aromatic carbocycles. The minimum Gasteiger partial charge on any atom is -0.374 e. The molecule has 3 N–H and O–H groups in total. The second-order valence-electron chi connectivity index (χ2n) is 4.81. The van der Waals surface area contributed by atoms with Gasteiger partial charge in [-0.15, -0.1) is 0 Å². The number of halogens is 1. The van der Waals surface area contributed by atoms with E-state index in [0.717, 1.165) is 30.3 Å². The molecule has 0 bridgehead atoms. The third-order valence-electron chi connectivity index (χ3n) is 3.54. The van der Waals surface area contributed by atoms with Crippen molar-refractivity contribution in [2.75, 3.05) is 6.61 Å². The predicted octanol–water partition coefficient (Wildman–Crippen LogP) is 2.39. The van der Waals surface area contributed by atoms with Crippen LogP contribution in [0.15, 0.2) is 28.7 Å². The lowest BCUT2D eigenvalue weighted by Gasteiger charge is -2.33. The van der Waals surface area contributed by atoms with Crippen LogP contribution in [0.2, 0.25) is 0 Å². The standard InChI is InChI=1S/C13H19BrN2O/c1-13(7-2-8-17-13)12(16-15)9-10-3-5-11(14)6-4-10/h3-6,12,16H,2,7-9,15H2,1H3. The zero-order valence-electron chi connectivity index (χ0n) is 10.1. The molecule has 0 saturated carbocycles. The topological polar surface area (TPSA) is 47.3 Å². The Morgan fingerprint density at radius 3 is 2.71 bits per heavy atom. The highest BCUT2D eigenvalue weighted by molar-refractivity contribution is 9.10. The summed E-state index contributed by atoms with van der Waals surface area (Å²) in [7, 11) is 0. The fourth-order valence-corrected chi connectivity index (χ4v) is 2.65. The number of hydrazine groups is 1. The van der Waals surface area contributed by atoms with Crippen LogP contribution in [0, 0.1) is 0 Å². The van der Waals surface area contributed by atoms with E-state index in [1.165, 1.54) is 5.56 Å². The molecule has 1 aliphatic rings. The van der Waals surface area contributed by atoms with Crippen molar-refractivity contribution in [3.05, 3.63) is 34.3 Å². The minimum absolute atomic E-state index is 0.137. The van der Waals surface area contributed by atoms with Gasteiger partial charge in [0.15, 0.2) is 0 Å². The van der Waals surface area contributed by atoms with E-state index in [9.17, 15) is 0 Å². The summed E-state index contributed by atoms with van der Waals surface area (Å²) in [6.07, 6.45) is 3.08. The van der Waals surface area contributed by atoms with Crippen LogP contribution in [0.25, 0.3) is 0 Å². The van der Waals surface area contributed by atoms with Gasteiger partial charge in [-0.2, -0.15) is 0 Å². The molecule has 0 spiro atoms. The maximum absolute atomic E-state index is 5.84. The first-order valence-electron chi connectivity index (χ1n) is 5.98. The fourth-order valence-electron chi connectivity index (χ4n) is 2.38. The molecular formula is C13H19BrN2O. The largest absolute Gasteiger partial charge is 0.374 e. The van der Waals surface area contributed by atoms with Crippen LogP contribution in [0.3, 0.4) is 0 Å². The first-order chi connectivity index (χ1) is 8.14. The maximum atomic E-state index is 5.84. The Balaban J connectivity index is 2.06. The molecule has 1 aromatic rings. The Bertz CT molecular complexity index is 360. The number of nitrogens with one attached hydrogen (secondary N) is 1. The van der Waals surface area contributed by atoms with Gasteiger partial charge in [0.1, 0.15) is 0 Å². The predicted molar refractivity (Wildman–Crippen MR) is 72.5 cm³/mol. The molecule has 3 nitrogen and oxygen atoms in total. The molecule has 0 radical (unpaired) electrons. The van der Waals surface area contributed by atoms with Crippen molar-refractivity contribution in [1.82, 2.24) is 5.43 Å². The number of rotatable bonds is 4. The first-order valence-corrected chi connectivity index (χ1v) is 6.78. The highest BCUT2D eigenvalue weighted by atomic mass is 79.9. The molecule has 0 aliphatic carbocycles. The average Bonchev–Trinajstić information content (AvgIpc) is 2.76. The molecule has 0 amide bonds.